The highest BCUT2D eigenvalue weighted by Crippen LogP contribution is 2.31. The first kappa shape index (κ1) is 11.1. The average molecular weight is 258 g/mol. The molecule has 0 amide bonds. The van der Waals surface area contributed by atoms with E-state index in [-0.39, 0.29) is 0 Å². The SMILES string of the molecule is O=C(Cl)C(Cl)c1ccc(Cl)cc1Cl. The first-order valence-electron chi connectivity index (χ1n) is 3.30. The lowest BCUT2D eigenvalue weighted by atomic mass is 10.1. The molecule has 0 aromatic heterocycles. The fraction of sp³-hybridized carbons (Fsp3) is 0.125. The zero-order valence-corrected chi connectivity index (χ0v) is 9.25. The number of benzene rings is 1. The van der Waals surface area contributed by atoms with Crippen molar-refractivity contribution in [1.29, 1.82) is 0 Å². The molecule has 0 N–H and O–H groups in total. The van der Waals surface area contributed by atoms with Gasteiger partial charge in [-0.15, -0.1) is 11.6 Å². The second kappa shape index (κ2) is 4.52. The highest BCUT2D eigenvalue weighted by Gasteiger charge is 2.17. The number of hydrogen-bond acceptors (Lipinski definition) is 1. The third-order valence-electron chi connectivity index (χ3n) is 1.43. The van der Waals surface area contributed by atoms with Crippen LogP contribution in [0.5, 0.6) is 0 Å². The van der Waals surface area contributed by atoms with E-state index in [0.29, 0.717) is 15.6 Å². The second-order valence-electron chi connectivity index (χ2n) is 2.33. The van der Waals surface area contributed by atoms with Crippen LogP contribution in [0.25, 0.3) is 0 Å². The molecule has 1 nitrogen and oxygen atoms in total. The molecule has 0 aliphatic rings. The summed E-state index contributed by atoms with van der Waals surface area (Å²) in [5.41, 5.74) is 0.465. The van der Waals surface area contributed by atoms with E-state index in [1.807, 2.05) is 0 Å². The molecule has 0 aliphatic heterocycles. The van der Waals surface area contributed by atoms with E-state index >= 15 is 0 Å². The lowest BCUT2D eigenvalue weighted by molar-refractivity contribution is -0.111. The number of hydrogen-bond donors (Lipinski definition) is 0. The monoisotopic (exact) mass is 256 g/mol. The number of alkyl halides is 1. The van der Waals surface area contributed by atoms with Crippen molar-refractivity contribution >= 4 is 51.6 Å². The molecule has 5 heteroatoms. The fourth-order valence-corrected chi connectivity index (χ4v) is 1.71. The highest BCUT2D eigenvalue weighted by molar-refractivity contribution is 6.69. The van der Waals surface area contributed by atoms with Crippen molar-refractivity contribution in [2.24, 2.45) is 0 Å². The summed E-state index contributed by atoms with van der Waals surface area (Å²) in [6, 6.07) is 4.67. The number of rotatable bonds is 2. The fourth-order valence-electron chi connectivity index (χ4n) is 0.829. The van der Waals surface area contributed by atoms with Gasteiger partial charge in [-0.1, -0.05) is 29.3 Å². The molecule has 13 heavy (non-hydrogen) atoms. The Hall–Kier alpha value is 0.0500. The Morgan fingerprint density at radius 3 is 2.38 bits per heavy atom. The van der Waals surface area contributed by atoms with Crippen molar-refractivity contribution in [2.75, 3.05) is 0 Å². The van der Waals surface area contributed by atoms with Gasteiger partial charge in [0.1, 0.15) is 5.38 Å². The van der Waals surface area contributed by atoms with Gasteiger partial charge in [-0.05, 0) is 29.3 Å². The predicted molar refractivity (Wildman–Crippen MR) is 55.9 cm³/mol. The molecule has 0 aliphatic carbocycles. The van der Waals surface area contributed by atoms with Crippen LogP contribution in [0.15, 0.2) is 18.2 Å². The smallest absolute Gasteiger partial charge is 0.244 e. The van der Waals surface area contributed by atoms with Gasteiger partial charge < -0.3 is 0 Å². The minimum Gasteiger partial charge on any atom is -0.279 e. The summed E-state index contributed by atoms with van der Waals surface area (Å²) in [6.07, 6.45) is 0. The molecule has 0 fully saturated rings. The molecule has 70 valence electrons. The van der Waals surface area contributed by atoms with Crippen LogP contribution in [0, 0.1) is 0 Å². The van der Waals surface area contributed by atoms with Gasteiger partial charge in [0, 0.05) is 10.0 Å². The number of carbonyl (C=O) groups is 1. The standard InChI is InChI=1S/C8H4Cl4O/c9-4-1-2-5(6(10)3-4)7(11)8(12)13/h1-3,7H. The second-order valence-corrected chi connectivity index (χ2v) is 3.99. The van der Waals surface area contributed by atoms with E-state index in [1.165, 1.54) is 6.07 Å². The Bertz CT molecular complexity index is 337. The van der Waals surface area contributed by atoms with Crippen LogP contribution in [-0.2, 0) is 4.79 Å². The molecule has 0 spiro atoms. The Kier molecular flexibility index (Phi) is 3.87. The summed E-state index contributed by atoms with van der Waals surface area (Å²) in [5.74, 6) is 0. The van der Waals surface area contributed by atoms with Crippen molar-refractivity contribution in [3.63, 3.8) is 0 Å². The van der Waals surface area contributed by atoms with Crippen LogP contribution >= 0.6 is 46.4 Å². The third kappa shape index (κ3) is 2.75. The van der Waals surface area contributed by atoms with Gasteiger partial charge in [0.2, 0.25) is 5.24 Å². The van der Waals surface area contributed by atoms with Gasteiger partial charge >= 0.3 is 0 Å². The minimum absolute atomic E-state index is 0.335. The van der Waals surface area contributed by atoms with E-state index < -0.39 is 10.6 Å². The molecule has 0 saturated carbocycles. The van der Waals surface area contributed by atoms with Gasteiger partial charge in [-0.3, -0.25) is 4.79 Å². The molecule has 0 saturated heterocycles. The molecule has 1 rings (SSSR count). The maximum absolute atomic E-state index is 10.7. The Morgan fingerprint density at radius 2 is 1.92 bits per heavy atom. The summed E-state index contributed by atoms with van der Waals surface area (Å²) >= 11 is 22.3. The maximum atomic E-state index is 10.7. The van der Waals surface area contributed by atoms with E-state index in [4.69, 9.17) is 46.4 Å². The lowest BCUT2D eigenvalue weighted by Gasteiger charge is -2.06. The summed E-state index contributed by atoms with van der Waals surface area (Å²) in [7, 11) is 0. The van der Waals surface area contributed by atoms with Crippen LogP contribution in [0.3, 0.4) is 0 Å². The van der Waals surface area contributed by atoms with Crippen molar-refractivity contribution in [3.05, 3.63) is 33.8 Å². The van der Waals surface area contributed by atoms with E-state index in [2.05, 4.69) is 0 Å². The van der Waals surface area contributed by atoms with Crippen molar-refractivity contribution in [3.8, 4) is 0 Å². The van der Waals surface area contributed by atoms with Crippen molar-refractivity contribution in [2.45, 2.75) is 5.38 Å². The third-order valence-corrected chi connectivity index (χ3v) is 2.76. The van der Waals surface area contributed by atoms with Gasteiger partial charge in [0.05, 0.1) is 0 Å². The van der Waals surface area contributed by atoms with Gasteiger partial charge in [0.15, 0.2) is 0 Å². The van der Waals surface area contributed by atoms with Gasteiger partial charge in [0.25, 0.3) is 0 Å². The normalized spacial score (nSPS) is 12.6. The first-order valence-corrected chi connectivity index (χ1v) is 4.88. The predicted octanol–water partition coefficient (Wildman–Crippen LogP) is 4.04. The zero-order chi connectivity index (χ0) is 10.0. The van der Waals surface area contributed by atoms with Crippen molar-refractivity contribution in [1.82, 2.24) is 0 Å². The molecule has 1 atom stereocenters. The van der Waals surface area contributed by atoms with E-state index in [1.54, 1.807) is 12.1 Å². The van der Waals surface area contributed by atoms with Crippen molar-refractivity contribution < 1.29 is 4.79 Å². The van der Waals surface area contributed by atoms with Crippen LogP contribution in [-0.4, -0.2) is 5.24 Å². The molecular weight excluding hydrogens is 254 g/mol. The van der Waals surface area contributed by atoms with Crippen LogP contribution in [0.1, 0.15) is 10.9 Å². The molecule has 1 unspecified atom stereocenters. The molecule has 0 heterocycles. The quantitative estimate of drug-likeness (QED) is 0.577. The van der Waals surface area contributed by atoms with E-state index in [9.17, 15) is 4.79 Å². The van der Waals surface area contributed by atoms with Crippen LogP contribution in [0.2, 0.25) is 10.0 Å². The lowest BCUT2D eigenvalue weighted by Crippen LogP contribution is -1.99. The summed E-state index contributed by atoms with van der Waals surface area (Å²) in [6.45, 7) is 0. The van der Waals surface area contributed by atoms with Crippen LogP contribution in [0.4, 0.5) is 0 Å². The average Bonchev–Trinajstić information content (AvgIpc) is 2.03. The Morgan fingerprint density at radius 1 is 1.31 bits per heavy atom. The molecule has 1 aromatic carbocycles. The largest absolute Gasteiger partial charge is 0.279 e. The molecule has 0 bridgehead atoms. The molecular formula is C8H4Cl4O. The van der Waals surface area contributed by atoms with Gasteiger partial charge in [-0.2, -0.15) is 0 Å². The topological polar surface area (TPSA) is 17.1 Å². The Balaban J connectivity index is 3.08. The molecule has 0 radical (unpaired) electrons. The zero-order valence-electron chi connectivity index (χ0n) is 6.23. The maximum Gasteiger partial charge on any atom is 0.244 e. The van der Waals surface area contributed by atoms with Gasteiger partial charge in [-0.25, -0.2) is 0 Å². The summed E-state index contributed by atoms with van der Waals surface area (Å²) < 4.78 is 0. The summed E-state index contributed by atoms with van der Waals surface area (Å²) in [4.78, 5) is 10.7. The Labute approximate surface area is 95.5 Å². The summed E-state index contributed by atoms with van der Waals surface area (Å²) in [5, 5.41) is -0.765. The van der Waals surface area contributed by atoms with Crippen LogP contribution < -0.4 is 0 Å². The highest BCUT2D eigenvalue weighted by atomic mass is 35.5. The number of carbonyl (C=O) groups excluding carboxylic acids is 1. The minimum atomic E-state index is -0.925. The van der Waals surface area contributed by atoms with E-state index in [0.717, 1.165) is 0 Å². The number of halogens is 4. The first-order chi connectivity index (χ1) is 6.02. The molecule has 1 aromatic rings.